The number of amides is 3. The fourth-order valence-corrected chi connectivity index (χ4v) is 3.96. The molecule has 0 unspecified atom stereocenters. The molecule has 3 N–H and O–H groups in total. The van der Waals surface area contributed by atoms with Crippen molar-refractivity contribution in [3.05, 3.63) is 47.5 Å². The summed E-state index contributed by atoms with van der Waals surface area (Å²) in [7, 11) is 0. The van der Waals surface area contributed by atoms with Crippen LogP contribution in [0.1, 0.15) is 46.1 Å². The van der Waals surface area contributed by atoms with Crippen LogP contribution < -0.4 is 10.6 Å². The van der Waals surface area contributed by atoms with E-state index in [1.807, 2.05) is 51.1 Å². The minimum Gasteiger partial charge on any atom is -0.343 e. The van der Waals surface area contributed by atoms with Crippen LogP contribution in [0.4, 0.5) is 5.13 Å². The Balaban J connectivity index is 2.13. The van der Waals surface area contributed by atoms with Crippen LogP contribution in [0.2, 0.25) is 0 Å². The largest absolute Gasteiger partial charge is 0.343 e. The number of hydrogen-bond donors (Lipinski definition) is 3. The van der Waals surface area contributed by atoms with E-state index in [4.69, 9.17) is 0 Å². The second kappa shape index (κ2) is 11.7. The normalized spacial score (nSPS) is 14.2. The second-order valence-corrected chi connectivity index (χ2v) is 9.74. The average molecular weight is 461 g/mol. The first-order valence-electron chi connectivity index (χ1n) is 10.6. The van der Waals surface area contributed by atoms with Crippen LogP contribution >= 0.6 is 11.3 Å². The number of hydroxylamine groups is 2. The van der Waals surface area contributed by atoms with Crippen molar-refractivity contribution in [3.63, 3.8) is 0 Å². The van der Waals surface area contributed by atoms with Gasteiger partial charge in [-0.25, -0.2) is 10.0 Å². The molecule has 0 saturated carbocycles. The lowest BCUT2D eigenvalue weighted by molar-refractivity contribution is -0.166. The van der Waals surface area contributed by atoms with E-state index >= 15 is 0 Å². The van der Waals surface area contributed by atoms with Crippen molar-refractivity contribution in [1.82, 2.24) is 15.4 Å². The molecule has 9 heteroatoms. The van der Waals surface area contributed by atoms with E-state index in [1.165, 1.54) is 11.3 Å². The Morgan fingerprint density at radius 2 is 1.91 bits per heavy atom. The lowest BCUT2D eigenvalue weighted by Gasteiger charge is -2.33. The first kappa shape index (κ1) is 25.5. The Kier molecular flexibility index (Phi) is 9.34. The Morgan fingerprint density at radius 3 is 2.47 bits per heavy atom. The summed E-state index contributed by atoms with van der Waals surface area (Å²) < 4.78 is 0. The molecule has 0 aliphatic rings. The molecular weight excluding hydrogens is 428 g/mol. The van der Waals surface area contributed by atoms with Crippen LogP contribution in [-0.2, 0) is 20.8 Å². The maximum absolute atomic E-state index is 13.3. The van der Waals surface area contributed by atoms with Crippen molar-refractivity contribution in [3.8, 4) is 0 Å². The highest BCUT2D eigenvalue weighted by atomic mass is 32.1. The maximum Gasteiger partial charge on any atom is 0.249 e. The van der Waals surface area contributed by atoms with Gasteiger partial charge in [-0.3, -0.25) is 19.6 Å². The highest BCUT2D eigenvalue weighted by Crippen LogP contribution is 2.24. The Labute approximate surface area is 193 Å². The van der Waals surface area contributed by atoms with Crippen molar-refractivity contribution < 1.29 is 19.6 Å². The molecule has 174 valence electrons. The molecule has 8 nitrogen and oxygen atoms in total. The SMILES string of the molecule is C[C@@H]([C@@H](CCCc1ccccc1)C(=O)N[C@H](C(=O)Nc1nccs1)C(C)(C)C)N(O)C=O. The standard InChI is InChI=1S/C23H32N4O4S/c1-16(27(31)15-28)18(12-8-11-17-9-6-5-7-10-17)20(29)25-19(23(2,3)4)21(30)26-22-24-13-14-32-22/h5-7,9-10,13-16,18-19,31H,8,11-12H2,1-4H3,(H,25,29)(H,24,26,30)/t16-,18+,19+/m0/s1. The van der Waals surface area contributed by atoms with Gasteiger partial charge in [0, 0.05) is 11.6 Å². The summed E-state index contributed by atoms with van der Waals surface area (Å²) in [4.78, 5) is 41.3. The molecule has 1 heterocycles. The number of thiazole rings is 1. The summed E-state index contributed by atoms with van der Waals surface area (Å²) in [5, 5.41) is 18.2. The van der Waals surface area contributed by atoms with Gasteiger partial charge in [0.15, 0.2) is 5.13 Å². The minimum atomic E-state index is -0.828. The van der Waals surface area contributed by atoms with Gasteiger partial charge in [0.1, 0.15) is 6.04 Å². The lowest BCUT2D eigenvalue weighted by atomic mass is 9.85. The number of carbonyl (C=O) groups excluding carboxylic acids is 3. The molecule has 1 aromatic carbocycles. The zero-order valence-electron chi connectivity index (χ0n) is 18.9. The molecule has 0 aliphatic carbocycles. The van der Waals surface area contributed by atoms with Crippen molar-refractivity contribution in [2.75, 3.05) is 5.32 Å². The summed E-state index contributed by atoms with van der Waals surface area (Å²) in [6, 6.07) is 8.32. The second-order valence-electron chi connectivity index (χ2n) is 8.84. The van der Waals surface area contributed by atoms with Gasteiger partial charge < -0.3 is 10.6 Å². The van der Waals surface area contributed by atoms with E-state index in [0.717, 1.165) is 12.0 Å². The zero-order chi connectivity index (χ0) is 23.7. The Morgan fingerprint density at radius 1 is 1.22 bits per heavy atom. The van der Waals surface area contributed by atoms with Gasteiger partial charge in [0.05, 0.1) is 12.0 Å². The quantitative estimate of drug-likeness (QED) is 0.270. The van der Waals surface area contributed by atoms with E-state index < -0.39 is 23.4 Å². The molecule has 0 fully saturated rings. The number of hydrogen-bond acceptors (Lipinski definition) is 6. The molecule has 2 aromatic rings. The first-order valence-corrected chi connectivity index (χ1v) is 11.5. The molecule has 0 saturated heterocycles. The van der Waals surface area contributed by atoms with E-state index in [0.29, 0.717) is 29.4 Å². The molecule has 32 heavy (non-hydrogen) atoms. The fourth-order valence-electron chi connectivity index (χ4n) is 3.43. The van der Waals surface area contributed by atoms with Crippen molar-refractivity contribution in [1.29, 1.82) is 0 Å². The number of rotatable bonds is 11. The maximum atomic E-state index is 13.3. The average Bonchev–Trinajstić information content (AvgIpc) is 3.26. The number of benzene rings is 1. The number of carbonyl (C=O) groups is 3. The van der Waals surface area contributed by atoms with Crippen LogP contribution in [0.3, 0.4) is 0 Å². The summed E-state index contributed by atoms with van der Waals surface area (Å²) >= 11 is 1.29. The third kappa shape index (κ3) is 7.42. The van der Waals surface area contributed by atoms with Gasteiger partial charge in [0.2, 0.25) is 18.2 Å². The van der Waals surface area contributed by atoms with Gasteiger partial charge in [-0.05, 0) is 37.2 Å². The topological polar surface area (TPSA) is 112 Å². The van der Waals surface area contributed by atoms with E-state index in [1.54, 1.807) is 18.5 Å². The van der Waals surface area contributed by atoms with Crippen LogP contribution in [0, 0.1) is 11.3 Å². The molecule has 3 atom stereocenters. The van der Waals surface area contributed by atoms with Gasteiger partial charge in [-0.2, -0.15) is 0 Å². The number of nitrogens with one attached hydrogen (secondary N) is 2. The van der Waals surface area contributed by atoms with E-state index in [9.17, 15) is 19.6 Å². The molecule has 0 bridgehead atoms. The first-order chi connectivity index (χ1) is 15.1. The van der Waals surface area contributed by atoms with Gasteiger partial charge in [0.25, 0.3) is 0 Å². The van der Waals surface area contributed by atoms with E-state index in [-0.39, 0.29) is 11.8 Å². The Bertz CT molecular complexity index is 868. The van der Waals surface area contributed by atoms with Crippen LogP contribution in [-0.4, -0.2) is 45.6 Å². The molecule has 1 aromatic heterocycles. The van der Waals surface area contributed by atoms with Crippen molar-refractivity contribution in [2.45, 2.75) is 59.0 Å². The molecule has 3 amide bonds. The molecule has 0 spiro atoms. The van der Waals surface area contributed by atoms with Crippen molar-refractivity contribution >= 4 is 34.7 Å². The summed E-state index contributed by atoms with van der Waals surface area (Å²) in [6.07, 6.45) is 3.77. The van der Waals surface area contributed by atoms with Crippen LogP contribution in [0.15, 0.2) is 41.9 Å². The third-order valence-corrected chi connectivity index (χ3v) is 6.03. The molecule has 0 radical (unpaired) electrons. The zero-order valence-corrected chi connectivity index (χ0v) is 19.8. The molecular formula is C23H32N4O4S. The van der Waals surface area contributed by atoms with Crippen LogP contribution in [0.5, 0.6) is 0 Å². The lowest BCUT2D eigenvalue weighted by Crippen LogP contribution is -2.55. The number of anilines is 1. The van der Waals surface area contributed by atoms with Crippen molar-refractivity contribution in [2.24, 2.45) is 11.3 Å². The summed E-state index contributed by atoms with van der Waals surface area (Å²) in [5.41, 5.74) is 0.573. The smallest absolute Gasteiger partial charge is 0.249 e. The highest BCUT2D eigenvalue weighted by Gasteiger charge is 2.37. The predicted molar refractivity (Wildman–Crippen MR) is 124 cm³/mol. The van der Waals surface area contributed by atoms with Gasteiger partial charge in [-0.1, -0.05) is 51.1 Å². The summed E-state index contributed by atoms with van der Waals surface area (Å²) in [5.74, 6) is -1.44. The third-order valence-electron chi connectivity index (χ3n) is 5.35. The molecule has 2 rings (SSSR count). The Hall–Kier alpha value is -2.78. The highest BCUT2D eigenvalue weighted by molar-refractivity contribution is 7.13. The predicted octanol–water partition coefficient (Wildman–Crippen LogP) is 3.49. The van der Waals surface area contributed by atoms with Gasteiger partial charge >= 0.3 is 0 Å². The summed E-state index contributed by atoms with van der Waals surface area (Å²) in [6.45, 7) is 7.19. The minimum absolute atomic E-state index is 0.290. The van der Waals surface area contributed by atoms with Gasteiger partial charge in [-0.15, -0.1) is 11.3 Å². The number of aryl methyl sites for hydroxylation is 1. The number of nitrogens with zero attached hydrogens (tertiary/aromatic N) is 2. The fraction of sp³-hybridized carbons (Fsp3) is 0.478. The molecule has 0 aliphatic heterocycles. The number of aromatic nitrogens is 1. The van der Waals surface area contributed by atoms with Crippen LogP contribution in [0.25, 0.3) is 0 Å². The monoisotopic (exact) mass is 460 g/mol. The van der Waals surface area contributed by atoms with E-state index in [2.05, 4.69) is 15.6 Å².